The minimum absolute atomic E-state index is 0.342. The summed E-state index contributed by atoms with van der Waals surface area (Å²) in [6.45, 7) is 3.32. The van der Waals surface area contributed by atoms with Crippen molar-refractivity contribution in [1.29, 1.82) is 0 Å². The first-order valence-electron chi connectivity index (χ1n) is 6.49. The summed E-state index contributed by atoms with van der Waals surface area (Å²) in [6, 6.07) is 6.16. The molecule has 1 aromatic carbocycles. The monoisotopic (exact) mass is 266 g/mol. The molecule has 1 aromatic rings. The van der Waals surface area contributed by atoms with Gasteiger partial charge in [-0.15, -0.1) is 0 Å². The zero-order valence-corrected chi connectivity index (χ0v) is 11.8. The number of morpholine rings is 1. The molecule has 1 saturated heterocycles. The Bertz CT molecular complexity index is 406. The van der Waals surface area contributed by atoms with E-state index in [4.69, 9.17) is 14.2 Å². The van der Waals surface area contributed by atoms with Crippen molar-refractivity contribution < 1.29 is 14.2 Å². The lowest BCUT2D eigenvalue weighted by Gasteiger charge is -2.30. The van der Waals surface area contributed by atoms with Gasteiger partial charge in [-0.05, 0) is 12.1 Å². The predicted octanol–water partition coefficient (Wildman–Crippen LogP) is 1.13. The van der Waals surface area contributed by atoms with Crippen LogP contribution in [0.15, 0.2) is 18.2 Å². The average Bonchev–Trinajstić information content (AvgIpc) is 2.47. The van der Waals surface area contributed by atoms with Crippen LogP contribution in [0.25, 0.3) is 0 Å². The highest BCUT2D eigenvalue weighted by atomic mass is 16.5. The molecular formula is C14H22N2O3. The number of nitrogens with one attached hydrogen (secondary N) is 1. The molecule has 5 nitrogen and oxygen atoms in total. The molecule has 19 heavy (non-hydrogen) atoms. The lowest BCUT2D eigenvalue weighted by atomic mass is 10.2. The lowest BCUT2D eigenvalue weighted by Crippen LogP contribution is -2.47. The second-order valence-electron chi connectivity index (χ2n) is 4.64. The van der Waals surface area contributed by atoms with Gasteiger partial charge < -0.3 is 24.4 Å². The number of rotatable bonds is 5. The van der Waals surface area contributed by atoms with E-state index < -0.39 is 0 Å². The van der Waals surface area contributed by atoms with E-state index in [1.165, 1.54) is 0 Å². The van der Waals surface area contributed by atoms with E-state index >= 15 is 0 Å². The molecule has 1 unspecified atom stereocenters. The van der Waals surface area contributed by atoms with Crippen LogP contribution in [-0.4, -0.2) is 53.6 Å². The Labute approximate surface area is 114 Å². The van der Waals surface area contributed by atoms with Crippen molar-refractivity contribution in [2.24, 2.45) is 0 Å². The molecule has 0 amide bonds. The number of benzene rings is 1. The minimum atomic E-state index is 0.342. The van der Waals surface area contributed by atoms with Gasteiger partial charge in [-0.25, -0.2) is 0 Å². The largest absolute Gasteiger partial charge is 0.497 e. The fraction of sp³-hybridized carbons (Fsp3) is 0.571. The molecule has 0 bridgehead atoms. The summed E-state index contributed by atoms with van der Waals surface area (Å²) in [5.41, 5.74) is 1.02. The van der Waals surface area contributed by atoms with Gasteiger partial charge in [0.15, 0.2) is 0 Å². The summed E-state index contributed by atoms with van der Waals surface area (Å²) < 4.78 is 16.2. The van der Waals surface area contributed by atoms with Gasteiger partial charge in [-0.3, -0.25) is 0 Å². The molecule has 0 aliphatic carbocycles. The molecule has 1 heterocycles. The van der Waals surface area contributed by atoms with Crippen LogP contribution in [0.5, 0.6) is 11.5 Å². The number of ether oxygens (including phenoxy) is 3. The first-order chi connectivity index (χ1) is 9.24. The quantitative estimate of drug-likeness (QED) is 0.865. The maximum Gasteiger partial charge on any atom is 0.142 e. The molecular weight excluding hydrogens is 244 g/mol. The first kappa shape index (κ1) is 14.0. The zero-order chi connectivity index (χ0) is 13.7. The van der Waals surface area contributed by atoms with E-state index in [0.717, 1.165) is 43.5 Å². The fourth-order valence-electron chi connectivity index (χ4n) is 2.26. The summed E-state index contributed by atoms with van der Waals surface area (Å²) in [5.74, 6) is 1.68. The number of hydrogen-bond acceptors (Lipinski definition) is 5. The molecule has 0 spiro atoms. The van der Waals surface area contributed by atoms with Crippen LogP contribution in [0.2, 0.25) is 0 Å². The van der Waals surface area contributed by atoms with Crippen LogP contribution in [0.4, 0.5) is 5.69 Å². The van der Waals surface area contributed by atoms with Crippen molar-refractivity contribution in [3.63, 3.8) is 0 Å². The second-order valence-corrected chi connectivity index (χ2v) is 4.64. The Morgan fingerprint density at radius 3 is 2.84 bits per heavy atom. The summed E-state index contributed by atoms with van der Waals surface area (Å²) in [5, 5.41) is 3.45. The van der Waals surface area contributed by atoms with Gasteiger partial charge in [0, 0.05) is 32.2 Å². The molecule has 1 fully saturated rings. The van der Waals surface area contributed by atoms with Crippen LogP contribution in [0, 0.1) is 0 Å². The van der Waals surface area contributed by atoms with Crippen LogP contribution in [0.3, 0.4) is 0 Å². The van der Waals surface area contributed by atoms with Crippen LogP contribution in [0.1, 0.15) is 0 Å². The Hall–Kier alpha value is -1.46. The van der Waals surface area contributed by atoms with Crippen molar-refractivity contribution >= 4 is 5.69 Å². The molecule has 0 radical (unpaired) electrons. The Balaban J connectivity index is 2.09. The predicted molar refractivity (Wildman–Crippen MR) is 75.4 cm³/mol. The number of hydrogen-bond donors (Lipinski definition) is 1. The van der Waals surface area contributed by atoms with Gasteiger partial charge in [0.1, 0.15) is 11.5 Å². The Kier molecular flexibility index (Phi) is 4.87. The van der Waals surface area contributed by atoms with E-state index in [-0.39, 0.29) is 0 Å². The van der Waals surface area contributed by atoms with Gasteiger partial charge in [0.25, 0.3) is 0 Å². The summed E-state index contributed by atoms with van der Waals surface area (Å²) >= 11 is 0. The van der Waals surface area contributed by atoms with Crippen molar-refractivity contribution in [2.45, 2.75) is 6.04 Å². The van der Waals surface area contributed by atoms with E-state index in [2.05, 4.69) is 10.2 Å². The van der Waals surface area contributed by atoms with Gasteiger partial charge >= 0.3 is 0 Å². The number of anilines is 1. The zero-order valence-electron chi connectivity index (χ0n) is 11.8. The molecule has 1 aliphatic rings. The molecule has 2 rings (SSSR count). The molecule has 106 valence electrons. The first-order valence-corrected chi connectivity index (χ1v) is 6.49. The Morgan fingerprint density at radius 2 is 2.21 bits per heavy atom. The van der Waals surface area contributed by atoms with E-state index in [1.807, 2.05) is 25.2 Å². The standard InChI is InChI=1S/C14H22N2O3/c1-16(9-11-10-19-7-6-15-11)13-8-12(17-2)4-5-14(13)18-3/h4-5,8,11,15H,6-7,9-10H2,1-3H3. The van der Waals surface area contributed by atoms with Crippen LogP contribution >= 0.6 is 0 Å². The number of methoxy groups -OCH3 is 2. The summed E-state index contributed by atoms with van der Waals surface area (Å²) in [6.07, 6.45) is 0. The lowest BCUT2D eigenvalue weighted by molar-refractivity contribution is 0.0791. The minimum Gasteiger partial charge on any atom is -0.497 e. The molecule has 1 N–H and O–H groups in total. The third-order valence-electron chi connectivity index (χ3n) is 3.29. The van der Waals surface area contributed by atoms with Gasteiger partial charge in [-0.2, -0.15) is 0 Å². The normalized spacial score (nSPS) is 19.0. The summed E-state index contributed by atoms with van der Waals surface area (Å²) in [7, 11) is 5.40. The van der Waals surface area contributed by atoms with Crippen molar-refractivity contribution in [1.82, 2.24) is 5.32 Å². The molecule has 1 aliphatic heterocycles. The van der Waals surface area contributed by atoms with Crippen molar-refractivity contribution in [3.05, 3.63) is 18.2 Å². The highest BCUT2D eigenvalue weighted by molar-refractivity contribution is 5.61. The molecule has 5 heteroatoms. The second kappa shape index (κ2) is 6.63. The maximum atomic E-state index is 5.48. The van der Waals surface area contributed by atoms with E-state index in [0.29, 0.717) is 6.04 Å². The fourth-order valence-corrected chi connectivity index (χ4v) is 2.26. The van der Waals surface area contributed by atoms with Gasteiger partial charge in [-0.1, -0.05) is 0 Å². The number of likely N-dealkylation sites (N-methyl/N-ethyl adjacent to an activating group) is 1. The summed E-state index contributed by atoms with van der Waals surface area (Å²) in [4.78, 5) is 2.16. The van der Waals surface area contributed by atoms with Crippen molar-refractivity contribution in [2.75, 3.05) is 52.5 Å². The van der Waals surface area contributed by atoms with Crippen LogP contribution in [-0.2, 0) is 4.74 Å². The highest BCUT2D eigenvalue weighted by Crippen LogP contribution is 2.31. The van der Waals surface area contributed by atoms with E-state index in [9.17, 15) is 0 Å². The molecule has 1 atom stereocenters. The third kappa shape index (κ3) is 3.52. The maximum absolute atomic E-state index is 5.48. The average molecular weight is 266 g/mol. The molecule has 0 saturated carbocycles. The Morgan fingerprint density at radius 1 is 1.37 bits per heavy atom. The molecule has 0 aromatic heterocycles. The van der Waals surface area contributed by atoms with Gasteiger partial charge in [0.2, 0.25) is 0 Å². The van der Waals surface area contributed by atoms with Crippen LogP contribution < -0.4 is 19.7 Å². The smallest absolute Gasteiger partial charge is 0.142 e. The topological polar surface area (TPSA) is 43.0 Å². The highest BCUT2D eigenvalue weighted by Gasteiger charge is 2.17. The van der Waals surface area contributed by atoms with Gasteiger partial charge in [0.05, 0.1) is 33.1 Å². The number of nitrogens with zero attached hydrogens (tertiary/aromatic N) is 1. The third-order valence-corrected chi connectivity index (χ3v) is 3.29. The van der Waals surface area contributed by atoms with E-state index in [1.54, 1.807) is 14.2 Å². The van der Waals surface area contributed by atoms with Crippen molar-refractivity contribution in [3.8, 4) is 11.5 Å². The SMILES string of the molecule is COc1ccc(OC)c(N(C)CC2COCCN2)c1.